The molecule has 1 rings (SSSR count). The van der Waals surface area contributed by atoms with Gasteiger partial charge in [0.15, 0.2) is 0 Å². The molecule has 0 aromatic heterocycles. The van der Waals surface area contributed by atoms with Crippen LogP contribution in [0.25, 0.3) is 0 Å². The smallest absolute Gasteiger partial charge is 0.252 e. The first kappa shape index (κ1) is 7.21. The molecule has 0 aromatic rings. The lowest BCUT2D eigenvalue weighted by Gasteiger charge is -2.12. The van der Waals surface area contributed by atoms with Crippen molar-refractivity contribution in [2.45, 2.75) is 12.2 Å². The normalized spacial score (nSPS) is 29.0. The molecule has 0 spiro atoms. The molecule has 1 fully saturated rings. The van der Waals surface area contributed by atoms with Crippen LogP contribution in [0.4, 0.5) is 13.2 Å². The molecule has 1 saturated heterocycles. The average Bonchev–Trinajstić information content (AvgIpc) is 2.08. The minimum atomic E-state index is -4.11. The third kappa shape index (κ3) is 1.76. The second-order valence-electron chi connectivity index (χ2n) is 1.68. The lowest BCUT2D eigenvalue weighted by atomic mass is 10.2. The first-order chi connectivity index (χ1) is 4.11. The summed E-state index contributed by atoms with van der Waals surface area (Å²) in [6.07, 6.45) is -2.89. The van der Waals surface area contributed by atoms with Crippen molar-refractivity contribution >= 4 is 11.9 Å². The molecular formula is C4H5F3NS. The minimum Gasteiger partial charge on any atom is -0.252 e. The highest BCUT2D eigenvalue weighted by Crippen LogP contribution is 2.27. The van der Waals surface area contributed by atoms with E-state index in [0.717, 1.165) is 11.9 Å². The van der Waals surface area contributed by atoms with Gasteiger partial charge in [-0.25, -0.2) is 0 Å². The van der Waals surface area contributed by atoms with Crippen LogP contribution in [0.15, 0.2) is 0 Å². The molecule has 1 aliphatic rings. The van der Waals surface area contributed by atoms with Gasteiger partial charge in [0.05, 0.1) is 0 Å². The molecule has 0 bridgehead atoms. The zero-order chi connectivity index (χ0) is 6.91. The highest BCUT2D eigenvalue weighted by atomic mass is 32.2. The van der Waals surface area contributed by atoms with Gasteiger partial charge in [0.1, 0.15) is 6.04 Å². The van der Waals surface area contributed by atoms with Crippen LogP contribution >= 0.6 is 11.9 Å². The Labute approximate surface area is 55.1 Å². The van der Waals surface area contributed by atoms with E-state index in [0.29, 0.717) is 5.75 Å². The molecule has 1 unspecified atom stereocenters. The van der Waals surface area contributed by atoms with Gasteiger partial charge in [-0.3, -0.25) is 4.72 Å². The van der Waals surface area contributed by atoms with E-state index in [4.69, 9.17) is 0 Å². The summed E-state index contributed by atoms with van der Waals surface area (Å²) in [6, 6.07) is -1.40. The Balaban J connectivity index is 2.42. The second kappa shape index (κ2) is 2.38. The number of alkyl halides is 3. The average molecular weight is 156 g/mol. The summed E-state index contributed by atoms with van der Waals surface area (Å²) in [5.74, 6) is 0.435. The molecule has 9 heavy (non-hydrogen) atoms. The van der Waals surface area contributed by atoms with E-state index in [1.165, 1.54) is 6.42 Å². The predicted octanol–water partition coefficient (Wildman–Crippen LogP) is 1.37. The molecule has 1 nitrogen and oxygen atoms in total. The van der Waals surface area contributed by atoms with E-state index >= 15 is 0 Å². The first-order valence-electron chi connectivity index (χ1n) is 2.38. The first-order valence-corrected chi connectivity index (χ1v) is 3.36. The molecule has 1 N–H and O–H groups in total. The van der Waals surface area contributed by atoms with Gasteiger partial charge in [0.25, 0.3) is 0 Å². The third-order valence-corrected chi connectivity index (χ3v) is 1.76. The Morgan fingerprint density at radius 1 is 1.56 bits per heavy atom. The van der Waals surface area contributed by atoms with E-state index in [1.807, 2.05) is 0 Å². The number of nitrogens with one attached hydrogen (secondary N) is 1. The Kier molecular flexibility index (Phi) is 1.91. The van der Waals surface area contributed by atoms with E-state index in [-0.39, 0.29) is 0 Å². The summed E-state index contributed by atoms with van der Waals surface area (Å²) in [7, 11) is 0. The van der Waals surface area contributed by atoms with Crippen molar-refractivity contribution in [3.63, 3.8) is 0 Å². The predicted molar refractivity (Wildman–Crippen MR) is 29.7 cm³/mol. The maximum atomic E-state index is 11.7. The van der Waals surface area contributed by atoms with Crippen LogP contribution in [0.2, 0.25) is 0 Å². The van der Waals surface area contributed by atoms with Crippen LogP contribution in [0.1, 0.15) is 0 Å². The monoisotopic (exact) mass is 156 g/mol. The van der Waals surface area contributed by atoms with Crippen LogP contribution in [0, 0.1) is 6.42 Å². The van der Waals surface area contributed by atoms with Crippen molar-refractivity contribution in [3.8, 4) is 0 Å². The van der Waals surface area contributed by atoms with Gasteiger partial charge in [-0.15, -0.1) is 0 Å². The number of hydrogen-bond donors (Lipinski definition) is 1. The van der Waals surface area contributed by atoms with Gasteiger partial charge in [-0.1, -0.05) is 11.9 Å². The summed E-state index contributed by atoms with van der Waals surface area (Å²) >= 11 is 1.08. The minimum absolute atomic E-state index is 0.435. The van der Waals surface area contributed by atoms with Crippen LogP contribution in [0.5, 0.6) is 0 Å². The second-order valence-corrected chi connectivity index (χ2v) is 2.54. The van der Waals surface area contributed by atoms with Gasteiger partial charge in [-0.05, 0) is 6.42 Å². The van der Waals surface area contributed by atoms with Crippen molar-refractivity contribution in [3.05, 3.63) is 6.42 Å². The summed E-state index contributed by atoms with van der Waals surface area (Å²) in [5.41, 5.74) is 0. The molecule has 0 aromatic carbocycles. The quantitative estimate of drug-likeness (QED) is 0.531. The van der Waals surface area contributed by atoms with Crippen LogP contribution in [0.3, 0.4) is 0 Å². The summed E-state index contributed by atoms with van der Waals surface area (Å²) in [4.78, 5) is 0. The molecule has 53 valence electrons. The lowest BCUT2D eigenvalue weighted by Crippen LogP contribution is -2.35. The van der Waals surface area contributed by atoms with Crippen molar-refractivity contribution in [1.29, 1.82) is 0 Å². The molecule has 5 heteroatoms. The summed E-state index contributed by atoms with van der Waals surface area (Å²) in [5, 5.41) is 0. The van der Waals surface area contributed by atoms with Gasteiger partial charge in [-0.2, -0.15) is 13.2 Å². The largest absolute Gasteiger partial charge is 0.405 e. The van der Waals surface area contributed by atoms with Crippen LogP contribution < -0.4 is 4.72 Å². The maximum absolute atomic E-state index is 11.7. The van der Waals surface area contributed by atoms with E-state index in [2.05, 4.69) is 4.72 Å². The molecule has 0 saturated carbocycles. The highest BCUT2D eigenvalue weighted by Gasteiger charge is 2.41. The van der Waals surface area contributed by atoms with Crippen LogP contribution in [-0.4, -0.2) is 18.0 Å². The van der Waals surface area contributed by atoms with Crippen molar-refractivity contribution in [2.24, 2.45) is 0 Å². The fourth-order valence-corrected chi connectivity index (χ4v) is 1.33. The fraction of sp³-hybridized carbons (Fsp3) is 0.750. The maximum Gasteiger partial charge on any atom is 0.405 e. The highest BCUT2D eigenvalue weighted by molar-refractivity contribution is 7.97. The molecule has 1 aliphatic heterocycles. The Morgan fingerprint density at radius 2 is 2.22 bits per heavy atom. The van der Waals surface area contributed by atoms with Gasteiger partial charge in [0.2, 0.25) is 0 Å². The summed E-state index contributed by atoms with van der Waals surface area (Å²) in [6.45, 7) is 0. The van der Waals surface area contributed by atoms with Gasteiger partial charge >= 0.3 is 6.18 Å². The molecule has 1 heterocycles. The lowest BCUT2D eigenvalue weighted by molar-refractivity contribution is -0.142. The van der Waals surface area contributed by atoms with E-state index in [1.54, 1.807) is 0 Å². The van der Waals surface area contributed by atoms with Crippen molar-refractivity contribution in [2.75, 3.05) is 5.75 Å². The van der Waals surface area contributed by atoms with Crippen LogP contribution in [-0.2, 0) is 0 Å². The zero-order valence-corrected chi connectivity index (χ0v) is 5.22. The zero-order valence-electron chi connectivity index (χ0n) is 4.40. The Bertz CT molecular complexity index is 96.5. The van der Waals surface area contributed by atoms with Crippen molar-refractivity contribution in [1.82, 2.24) is 4.72 Å². The molecule has 0 aliphatic carbocycles. The van der Waals surface area contributed by atoms with E-state index < -0.39 is 12.2 Å². The Morgan fingerprint density at radius 3 is 2.44 bits per heavy atom. The topological polar surface area (TPSA) is 12.0 Å². The Hall–Kier alpha value is 0.1000. The molecule has 1 radical (unpaired) electrons. The molecule has 1 atom stereocenters. The van der Waals surface area contributed by atoms with Gasteiger partial charge < -0.3 is 0 Å². The third-order valence-electron chi connectivity index (χ3n) is 0.978. The number of hydrogen-bond acceptors (Lipinski definition) is 2. The standard InChI is InChI=1S/C4H5F3NS/c5-4(6,7)3-1-2-9-8-3/h1,3,8H,2H2. The molecule has 0 amide bonds. The van der Waals surface area contributed by atoms with Gasteiger partial charge in [0, 0.05) is 5.75 Å². The van der Waals surface area contributed by atoms with Crippen molar-refractivity contribution < 1.29 is 13.2 Å². The van der Waals surface area contributed by atoms with E-state index in [9.17, 15) is 13.2 Å². The molecular weight excluding hydrogens is 151 g/mol. The SMILES string of the molecule is FC(F)(F)C1[CH]CSN1. The fourth-order valence-electron chi connectivity index (χ4n) is 0.531. The number of rotatable bonds is 0. The number of halogens is 3. The summed E-state index contributed by atoms with van der Waals surface area (Å²) < 4.78 is 37.2.